The van der Waals surface area contributed by atoms with Crippen LogP contribution < -0.4 is 10.6 Å². The first-order chi connectivity index (χ1) is 27.7. The molecule has 0 aromatic rings. The first-order valence-corrected chi connectivity index (χ1v) is 26.2. The highest BCUT2D eigenvalue weighted by molar-refractivity contribution is 5.76. The molecule has 0 fully saturated rings. The lowest BCUT2D eigenvalue weighted by atomic mass is 10.0. The maximum absolute atomic E-state index is 12.2. The van der Waals surface area contributed by atoms with Crippen molar-refractivity contribution < 1.29 is 9.59 Å². The van der Waals surface area contributed by atoms with Crippen LogP contribution in [0, 0.1) is 0 Å². The molecule has 0 saturated heterocycles. The van der Waals surface area contributed by atoms with E-state index in [0.717, 1.165) is 38.8 Å². The maximum atomic E-state index is 12.2. The summed E-state index contributed by atoms with van der Waals surface area (Å²) in [6.07, 6.45) is 61.4. The third kappa shape index (κ3) is 49.1. The van der Waals surface area contributed by atoms with Crippen LogP contribution in [0.25, 0.3) is 0 Å². The van der Waals surface area contributed by atoms with Crippen molar-refractivity contribution in [1.82, 2.24) is 10.6 Å². The summed E-state index contributed by atoms with van der Waals surface area (Å²) < 4.78 is 0. The van der Waals surface area contributed by atoms with Gasteiger partial charge in [-0.1, -0.05) is 271 Å². The van der Waals surface area contributed by atoms with Crippen LogP contribution in [0.15, 0.2) is 0 Å². The van der Waals surface area contributed by atoms with Gasteiger partial charge in [0.25, 0.3) is 0 Å². The molecule has 4 nitrogen and oxygen atoms in total. The Kier molecular flexibility index (Phi) is 49.1. The number of carbonyl (C=O) groups is 2. The van der Waals surface area contributed by atoms with Crippen LogP contribution in [0.5, 0.6) is 0 Å². The van der Waals surface area contributed by atoms with Crippen molar-refractivity contribution in [3.8, 4) is 0 Å². The fraction of sp³-hybridized carbons (Fsp3) is 0.962. The van der Waals surface area contributed by atoms with Crippen molar-refractivity contribution in [2.24, 2.45) is 0 Å². The molecule has 0 saturated carbocycles. The average molecular weight is 789 g/mol. The predicted molar refractivity (Wildman–Crippen MR) is 250 cm³/mol. The second-order valence-electron chi connectivity index (χ2n) is 18.0. The number of hydrogen-bond acceptors (Lipinski definition) is 2. The highest BCUT2D eigenvalue weighted by atomic mass is 16.2. The van der Waals surface area contributed by atoms with Crippen molar-refractivity contribution in [1.29, 1.82) is 0 Å². The van der Waals surface area contributed by atoms with Crippen LogP contribution in [-0.4, -0.2) is 24.9 Å². The second-order valence-corrected chi connectivity index (χ2v) is 18.0. The fourth-order valence-corrected chi connectivity index (χ4v) is 8.32. The zero-order valence-electron chi connectivity index (χ0n) is 38.8. The second kappa shape index (κ2) is 50.1. The molecule has 0 aromatic carbocycles. The molecule has 2 amide bonds. The van der Waals surface area contributed by atoms with Gasteiger partial charge in [-0.15, -0.1) is 0 Å². The third-order valence-electron chi connectivity index (χ3n) is 12.3. The highest BCUT2D eigenvalue weighted by Crippen LogP contribution is 2.17. The minimum absolute atomic E-state index is 0.196. The van der Waals surface area contributed by atoms with Crippen LogP contribution in [0.1, 0.15) is 309 Å². The summed E-state index contributed by atoms with van der Waals surface area (Å²) in [6, 6.07) is 0. The summed E-state index contributed by atoms with van der Waals surface area (Å²) >= 11 is 0. The van der Waals surface area contributed by atoms with Crippen LogP contribution in [0.2, 0.25) is 0 Å². The number of amides is 2. The third-order valence-corrected chi connectivity index (χ3v) is 12.3. The Hall–Kier alpha value is -1.06. The SMILES string of the molecule is CCCCCCCCCCCCCCCCCCCCCCCC(=O)NCCCCNC(=O)CCCCCCCCCCCCCCCCCCCCCCC. The number of unbranched alkanes of at least 4 members (excludes halogenated alkanes) is 41. The molecule has 2 N–H and O–H groups in total. The molecule has 0 heterocycles. The van der Waals surface area contributed by atoms with E-state index in [4.69, 9.17) is 0 Å². The number of hydrogen-bond donors (Lipinski definition) is 2. The summed E-state index contributed by atoms with van der Waals surface area (Å²) in [5, 5.41) is 6.15. The molecule has 0 atom stereocenters. The smallest absolute Gasteiger partial charge is 0.219 e. The minimum atomic E-state index is 0.196. The molecule has 0 spiro atoms. The molecule has 0 unspecified atom stereocenters. The van der Waals surface area contributed by atoms with Crippen molar-refractivity contribution in [3.05, 3.63) is 0 Å². The van der Waals surface area contributed by atoms with Crippen molar-refractivity contribution in [2.45, 2.75) is 309 Å². The van der Waals surface area contributed by atoms with Crippen LogP contribution in [-0.2, 0) is 9.59 Å². The van der Waals surface area contributed by atoms with Gasteiger partial charge in [0.1, 0.15) is 0 Å². The van der Waals surface area contributed by atoms with E-state index in [-0.39, 0.29) is 11.8 Å². The first-order valence-electron chi connectivity index (χ1n) is 26.2. The van der Waals surface area contributed by atoms with Gasteiger partial charge in [-0.25, -0.2) is 0 Å². The highest BCUT2D eigenvalue weighted by Gasteiger charge is 2.03. The average Bonchev–Trinajstić information content (AvgIpc) is 3.20. The van der Waals surface area contributed by atoms with Gasteiger partial charge in [0.05, 0.1) is 0 Å². The molecular weight excluding hydrogens is 685 g/mol. The van der Waals surface area contributed by atoms with Crippen molar-refractivity contribution in [2.75, 3.05) is 13.1 Å². The lowest BCUT2D eigenvalue weighted by molar-refractivity contribution is -0.122. The van der Waals surface area contributed by atoms with Crippen LogP contribution in [0.3, 0.4) is 0 Å². The van der Waals surface area contributed by atoms with E-state index in [9.17, 15) is 9.59 Å². The topological polar surface area (TPSA) is 58.2 Å². The number of rotatable bonds is 49. The maximum Gasteiger partial charge on any atom is 0.219 e. The minimum Gasteiger partial charge on any atom is -0.356 e. The van der Waals surface area contributed by atoms with E-state index in [0.29, 0.717) is 12.8 Å². The zero-order chi connectivity index (χ0) is 40.5. The molecule has 4 heteroatoms. The summed E-state index contributed by atoms with van der Waals surface area (Å²) in [7, 11) is 0. The monoisotopic (exact) mass is 789 g/mol. The molecular formula is C52H104N2O2. The standard InChI is InChI=1S/C52H104N2O2/c1-3-5-7-9-11-13-15-17-19-21-23-25-27-29-31-33-35-37-39-41-43-47-51(55)53-49-45-46-50-54-52(56)48-44-42-40-38-36-34-32-30-28-26-24-22-20-18-16-14-12-10-8-6-4-2/h3-50H2,1-2H3,(H,53,55)(H,54,56). The lowest BCUT2D eigenvalue weighted by Gasteiger charge is -2.07. The Morgan fingerprint density at radius 3 is 0.571 bits per heavy atom. The van der Waals surface area contributed by atoms with Gasteiger partial charge in [0, 0.05) is 25.9 Å². The van der Waals surface area contributed by atoms with Crippen molar-refractivity contribution in [3.63, 3.8) is 0 Å². The zero-order valence-corrected chi connectivity index (χ0v) is 38.8. The Labute approximate surface area is 353 Å². The van der Waals surface area contributed by atoms with E-state index in [1.165, 1.54) is 257 Å². The summed E-state index contributed by atoms with van der Waals surface area (Å²) in [5.74, 6) is 0.392. The van der Waals surface area contributed by atoms with Gasteiger partial charge in [0.2, 0.25) is 11.8 Å². The van der Waals surface area contributed by atoms with Crippen LogP contribution in [0.4, 0.5) is 0 Å². The van der Waals surface area contributed by atoms with E-state index in [1.807, 2.05) is 0 Å². The molecule has 56 heavy (non-hydrogen) atoms. The van der Waals surface area contributed by atoms with E-state index in [2.05, 4.69) is 24.5 Å². The molecule has 0 aliphatic rings. The van der Waals surface area contributed by atoms with Crippen molar-refractivity contribution >= 4 is 11.8 Å². The van der Waals surface area contributed by atoms with E-state index >= 15 is 0 Å². The van der Waals surface area contributed by atoms with Gasteiger partial charge in [0.15, 0.2) is 0 Å². The largest absolute Gasteiger partial charge is 0.356 e. The summed E-state index contributed by atoms with van der Waals surface area (Å²) in [6.45, 7) is 6.05. The molecule has 0 aliphatic heterocycles. The summed E-state index contributed by atoms with van der Waals surface area (Å²) in [5.41, 5.74) is 0. The van der Waals surface area contributed by atoms with Gasteiger partial charge in [-0.3, -0.25) is 9.59 Å². The molecule has 0 radical (unpaired) electrons. The number of nitrogens with one attached hydrogen (secondary N) is 2. The normalized spacial score (nSPS) is 11.4. The molecule has 0 aliphatic carbocycles. The molecule has 334 valence electrons. The quantitative estimate of drug-likeness (QED) is 0.0603. The first kappa shape index (κ1) is 54.9. The number of carbonyl (C=O) groups excluding carboxylic acids is 2. The lowest BCUT2D eigenvalue weighted by Crippen LogP contribution is -2.27. The van der Waals surface area contributed by atoms with Gasteiger partial charge in [-0.2, -0.15) is 0 Å². The van der Waals surface area contributed by atoms with E-state index < -0.39 is 0 Å². The van der Waals surface area contributed by atoms with Gasteiger partial charge in [-0.05, 0) is 25.7 Å². The Bertz CT molecular complexity index is 693. The molecule has 0 aromatic heterocycles. The molecule has 0 rings (SSSR count). The van der Waals surface area contributed by atoms with E-state index in [1.54, 1.807) is 0 Å². The van der Waals surface area contributed by atoms with Gasteiger partial charge >= 0.3 is 0 Å². The van der Waals surface area contributed by atoms with Gasteiger partial charge < -0.3 is 10.6 Å². The fourth-order valence-electron chi connectivity index (χ4n) is 8.32. The predicted octanol–water partition coefficient (Wildman–Crippen LogP) is 17.2. The Morgan fingerprint density at radius 1 is 0.232 bits per heavy atom. The summed E-state index contributed by atoms with van der Waals surface area (Å²) in [4.78, 5) is 24.3. The van der Waals surface area contributed by atoms with Crippen LogP contribution >= 0.6 is 0 Å². The Balaban J connectivity index is 3.23. The molecule has 0 bridgehead atoms. The Morgan fingerprint density at radius 2 is 0.393 bits per heavy atom.